The van der Waals surface area contributed by atoms with Crippen LogP contribution in [0.5, 0.6) is 5.75 Å². The fraction of sp³-hybridized carbons (Fsp3) is 0.643. The van der Waals surface area contributed by atoms with Crippen molar-refractivity contribution in [3.05, 3.63) is 24.0 Å². The van der Waals surface area contributed by atoms with Crippen molar-refractivity contribution in [3.63, 3.8) is 0 Å². The standard InChI is InChI=1S/C14H22N2O/c1-10-4-5-14(15,11(2)6-10)12-7-13(17-3)9-16-8-12/h7-11H,4-6,15H2,1-3H3. The van der Waals surface area contributed by atoms with Gasteiger partial charge in [-0.1, -0.05) is 13.8 Å². The van der Waals surface area contributed by atoms with E-state index in [1.165, 1.54) is 12.8 Å². The highest BCUT2D eigenvalue weighted by molar-refractivity contribution is 5.30. The van der Waals surface area contributed by atoms with Crippen molar-refractivity contribution in [1.82, 2.24) is 4.98 Å². The average Bonchev–Trinajstić information content (AvgIpc) is 2.34. The Hall–Kier alpha value is -1.09. The third-order valence-electron chi connectivity index (χ3n) is 4.17. The molecule has 0 aromatic carbocycles. The van der Waals surface area contributed by atoms with Crippen molar-refractivity contribution in [2.75, 3.05) is 7.11 Å². The predicted molar refractivity (Wildman–Crippen MR) is 68.8 cm³/mol. The molecule has 1 aromatic rings. The van der Waals surface area contributed by atoms with E-state index < -0.39 is 0 Å². The summed E-state index contributed by atoms with van der Waals surface area (Å²) in [6, 6.07) is 2.03. The van der Waals surface area contributed by atoms with Crippen molar-refractivity contribution in [3.8, 4) is 5.75 Å². The van der Waals surface area contributed by atoms with E-state index in [-0.39, 0.29) is 5.54 Å². The molecule has 1 aliphatic carbocycles. The second kappa shape index (κ2) is 4.65. The van der Waals surface area contributed by atoms with Crippen LogP contribution in [-0.4, -0.2) is 12.1 Å². The Kier molecular flexibility index (Phi) is 3.38. The molecule has 3 nitrogen and oxygen atoms in total. The molecule has 1 aromatic heterocycles. The first kappa shape index (κ1) is 12.4. The quantitative estimate of drug-likeness (QED) is 0.856. The molecule has 1 fully saturated rings. The molecule has 3 unspecified atom stereocenters. The van der Waals surface area contributed by atoms with Gasteiger partial charge in [-0.2, -0.15) is 0 Å². The third-order valence-corrected chi connectivity index (χ3v) is 4.17. The molecule has 17 heavy (non-hydrogen) atoms. The molecule has 0 amide bonds. The van der Waals surface area contributed by atoms with Gasteiger partial charge in [0, 0.05) is 11.7 Å². The van der Waals surface area contributed by atoms with Crippen LogP contribution in [0.2, 0.25) is 0 Å². The van der Waals surface area contributed by atoms with Crippen molar-refractivity contribution >= 4 is 0 Å². The lowest BCUT2D eigenvalue weighted by molar-refractivity contribution is 0.164. The zero-order valence-electron chi connectivity index (χ0n) is 10.9. The third kappa shape index (κ3) is 2.29. The molecule has 2 rings (SSSR count). The molecule has 94 valence electrons. The largest absolute Gasteiger partial charge is 0.495 e. The van der Waals surface area contributed by atoms with Gasteiger partial charge in [0.15, 0.2) is 0 Å². The SMILES string of the molecule is COc1cncc(C2(N)CCC(C)CC2C)c1. The Labute approximate surface area is 103 Å². The van der Waals surface area contributed by atoms with Crippen molar-refractivity contribution < 1.29 is 4.74 Å². The number of hydrogen-bond donors (Lipinski definition) is 1. The van der Waals surface area contributed by atoms with E-state index in [4.69, 9.17) is 10.5 Å². The van der Waals surface area contributed by atoms with Crippen LogP contribution in [0, 0.1) is 11.8 Å². The van der Waals surface area contributed by atoms with E-state index >= 15 is 0 Å². The second-order valence-electron chi connectivity index (χ2n) is 5.43. The van der Waals surface area contributed by atoms with Gasteiger partial charge < -0.3 is 10.5 Å². The molecular formula is C14H22N2O. The number of nitrogens with zero attached hydrogens (tertiary/aromatic N) is 1. The molecule has 2 N–H and O–H groups in total. The fourth-order valence-corrected chi connectivity index (χ4v) is 2.88. The first-order valence-electron chi connectivity index (χ1n) is 6.34. The van der Waals surface area contributed by atoms with Crippen LogP contribution in [0.3, 0.4) is 0 Å². The van der Waals surface area contributed by atoms with Crippen molar-refractivity contribution in [2.45, 2.75) is 38.6 Å². The maximum absolute atomic E-state index is 6.61. The van der Waals surface area contributed by atoms with Gasteiger partial charge in [-0.15, -0.1) is 0 Å². The molecule has 1 heterocycles. The number of hydrogen-bond acceptors (Lipinski definition) is 3. The van der Waals surface area contributed by atoms with Gasteiger partial charge in [0.25, 0.3) is 0 Å². The molecule has 1 aliphatic rings. The summed E-state index contributed by atoms with van der Waals surface area (Å²) in [5.74, 6) is 2.05. The molecular weight excluding hydrogens is 212 g/mol. The van der Waals surface area contributed by atoms with E-state index in [1.54, 1.807) is 13.3 Å². The minimum Gasteiger partial charge on any atom is -0.495 e. The maximum atomic E-state index is 6.61. The van der Waals surface area contributed by atoms with Crippen LogP contribution in [0.15, 0.2) is 18.5 Å². The van der Waals surface area contributed by atoms with Gasteiger partial charge in [0.1, 0.15) is 5.75 Å². The number of pyridine rings is 1. The molecule has 1 saturated carbocycles. The highest BCUT2D eigenvalue weighted by Gasteiger charge is 2.38. The number of rotatable bonds is 2. The predicted octanol–water partition coefficient (Wildman–Crippen LogP) is 2.70. The van der Waals surface area contributed by atoms with Crippen molar-refractivity contribution in [1.29, 1.82) is 0 Å². The zero-order valence-corrected chi connectivity index (χ0v) is 10.9. The summed E-state index contributed by atoms with van der Waals surface area (Å²) in [7, 11) is 1.66. The summed E-state index contributed by atoms with van der Waals surface area (Å²) in [6.45, 7) is 4.55. The molecule has 0 bridgehead atoms. The Morgan fingerprint density at radius 3 is 2.82 bits per heavy atom. The van der Waals surface area contributed by atoms with Gasteiger partial charge in [0.05, 0.1) is 13.3 Å². The van der Waals surface area contributed by atoms with Gasteiger partial charge in [-0.25, -0.2) is 0 Å². The summed E-state index contributed by atoms with van der Waals surface area (Å²) >= 11 is 0. The van der Waals surface area contributed by atoms with Gasteiger partial charge in [-0.3, -0.25) is 4.98 Å². The monoisotopic (exact) mass is 234 g/mol. The number of nitrogens with two attached hydrogens (primary N) is 1. The van der Waals surface area contributed by atoms with E-state index in [9.17, 15) is 0 Å². The molecule has 3 atom stereocenters. The summed E-state index contributed by atoms with van der Waals surface area (Å²) in [5, 5.41) is 0. The number of aromatic nitrogens is 1. The first-order valence-corrected chi connectivity index (χ1v) is 6.34. The Morgan fingerprint density at radius 2 is 2.18 bits per heavy atom. The number of methoxy groups -OCH3 is 1. The number of ether oxygens (including phenoxy) is 1. The van der Waals surface area contributed by atoms with E-state index in [1.807, 2.05) is 12.3 Å². The normalized spacial score (nSPS) is 33.4. The molecule has 0 aliphatic heterocycles. The van der Waals surface area contributed by atoms with Crippen LogP contribution in [-0.2, 0) is 5.54 Å². The summed E-state index contributed by atoms with van der Waals surface area (Å²) in [5.41, 5.74) is 7.48. The summed E-state index contributed by atoms with van der Waals surface area (Å²) in [6.07, 6.45) is 7.02. The van der Waals surface area contributed by atoms with Crippen LogP contribution in [0.4, 0.5) is 0 Å². The summed E-state index contributed by atoms with van der Waals surface area (Å²) in [4.78, 5) is 4.22. The topological polar surface area (TPSA) is 48.1 Å². The van der Waals surface area contributed by atoms with Crippen LogP contribution in [0.1, 0.15) is 38.7 Å². The average molecular weight is 234 g/mol. The van der Waals surface area contributed by atoms with Crippen LogP contribution in [0.25, 0.3) is 0 Å². The summed E-state index contributed by atoms with van der Waals surface area (Å²) < 4.78 is 5.23. The molecule has 3 heteroatoms. The Morgan fingerprint density at radius 1 is 1.41 bits per heavy atom. The molecule has 0 saturated heterocycles. The molecule has 0 spiro atoms. The Balaban J connectivity index is 2.30. The van der Waals surface area contributed by atoms with Gasteiger partial charge in [-0.05, 0) is 42.7 Å². The maximum Gasteiger partial charge on any atom is 0.137 e. The Bertz CT molecular complexity index is 394. The highest BCUT2D eigenvalue weighted by Crippen LogP contribution is 2.42. The lowest BCUT2D eigenvalue weighted by Crippen LogP contribution is -2.46. The fourth-order valence-electron chi connectivity index (χ4n) is 2.88. The smallest absolute Gasteiger partial charge is 0.137 e. The van der Waals surface area contributed by atoms with Gasteiger partial charge in [0.2, 0.25) is 0 Å². The second-order valence-corrected chi connectivity index (χ2v) is 5.43. The molecule has 0 radical (unpaired) electrons. The highest BCUT2D eigenvalue weighted by atomic mass is 16.5. The van der Waals surface area contributed by atoms with E-state index in [2.05, 4.69) is 18.8 Å². The van der Waals surface area contributed by atoms with Crippen LogP contribution < -0.4 is 10.5 Å². The lowest BCUT2D eigenvalue weighted by Gasteiger charge is -2.42. The minimum atomic E-state index is -0.242. The van der Waals surface area contributed by atoms with E-state index in [0.29, 0.717) is 5.92 Å². The van der Waals surface area contributed by atoms with Crippen LogP contribution >= 0.6 is 0 Å². The van der Waals surface area contributed by atoms with Gasteiger partial charge >= 0.3 is 0 Å². The van der Waals surface area contributed by atoms with E-state index in [0.717, 1.165) is 23.7 Å². The minimum absolute atomic E-state index is 0.242. The van der Waals surface area contributed by atoms with Crippen molar-refractivity contribution in [2.24, 2.45) is 17.6 Å². The lowest BCUT2D eigenvalue weighted by atomic mass is 9.67. The first-order chi connectivity index (χ1) is 8.06. The zero-order chi connectivity index (χ0) is 12.5.